The van der Waals surface area contributed by atoms with Crippen molar-refractivity contribution in [2.24, 2.45) is 0 Å². The fourth-order valence-electron chi connectivity index (χ4n) is 1.36. The molecule has 4 heteroatoms. The van der Waals surface area contributed by atoms with Gasteiger partial charge in [-0.25, -0.2) is 0 Å². The summed E-state index contributed by atoms with van der Waals surface area (Å²) in [6.07, 6.45) is 1.11. The molecule has 13 heavy (non-hydrogen) atoms. The van der Waals surface area contributed by atoms with E-state index in [9.17, 15) is 0 Å². The molecule has 0 aromatic carbocycles. The normalized spacial score (nSPS) is 22.9. The standard InChI is InChI=1S/C9H18N2OS/c1-3-4-10-9(13)11-5-6-12-7-8(11)2/h8H,3-7H2,1-2H3,(H,10,13). The highest BCUT2D eigenvalue weighted by Gasteiger charge is 2.20. The van der Waals surface area contributed by atoms with Crippen LogP contribution >= 0.6 is 12.2 Å². The lowest BCUT2D eigenvalue weighted by Gasteiger charge is -2.35. The van der Waals surface area contributed by atoms with Gasteiger partial charge in [0.1, 0.15) is 0 Å². The van der Waals surface area contributed by atoms with Crippen LogP contribution in [0.2, 0.25) is 0 Å². The summed E-state index contributed by atoms with van der Waals surface area (Å²) in [6.45, 7) is 7.73. The van der Waals surface area contributed by atoms with Crippen molar-refractivity contribution in [1.82, 2.24) is 10.2 Å². The average molecular weight is 202 g/mol. The number of ether oxygens (including phenoxy) is 1. The fourth-order valence-corrected chi connectivity index (χ4v) is 1.74. The SMILES string of the molecule is CCCNC(=S)N1CCOCC1C. The lowest BCUT2D eigenvalue weighted by molar-refractivity contribution is 0.0329. The Morgan fingerprint density at radius 2 is 2.46 bits per heavy atom. The maximum Gasteiger partial charge on any atom is 0.169 e. The minimum Gasteiger partial charge on any atom is -0.377 e. The van der Waals surface area contributed by atoms with Gasteiger partial charge >= 0.3 is 0 Å². The number of rotatable bonds is 2. The molecular formula is C9H18N2OS. The summed E-state index contributed by atoms with van der Waals surface area (Å²) in [4.78, 5) is 2.20. The van der Waals surface area contributed by atoms with E-state index in [1.165, 1.54) is 0 Å². The van der Waals surface area contributed by atoms with Crippen LogP contribution in [0.25, 0.3) is 0 Å². The van der Waals surface area contributed by atoms with Crippen LogP contribution in [0.15, 0.2) is 0 Å². The summed E-state index contributed by atoms with van der Waals surface area (Å²) in [6, 6.07) is 0.408. The average Bonchev–Trinajstić information content (AvgIpc) is 2.15. The maximum atomic E-state index is 5.34. The van der Waals surface area contributed by atoms with Crippen LogP contribution in [0.1, 0.15) is 20.3 Å². The van der Waals surface area contributed by atoms with Gasteiger partial charge in [0.15, 0.2) is 5.11 Å². The van der Waals surface area contributed by atoms with Crippen LogP contribution in [0.3, 0.4) is 0 Å². The van der Waals surface area contributed by atoms with Crippen molar-refractivity contribution in [1.29, 1.82) is 0 Å². The monoisotopic (exact) mass is 202 g/mol. The van der Waals surface area contributed by atoms with E-state index in [1.807, 2.05) is 0 Å². The molecule has 1 aliphatic heterocycles. The minimum atomic E-state index is 0.408. The molecule has 1 N–H and O–H groups in total. The van der Waals surface area contributed by atoms with Gasteiger partial charge in [0, 0.05) is 13.1 Å². The molecule has 0 aliphatic carbocycles. The Labute approximate surface area is 85.4 Å². The predicted molar refractivity (Wildman–Crippen MR) is 57.9 cm³/mol. The Bertz CT molecular complexity index is 175. The Hall–Kier alpha value is -0.350. The van der Waals surface area contributed by atoms with E-state index in [2.05, 4.69) is 24.1 Å². The van der Waals surface area contributed by atoms with Gasteiger partial charge in [0.05, 0.1) is 19.3 Å². The van der Waals surface area contributed by atoms with Gasteiger partial charge in [-0.15, -0.1) is 0 Å². The Balaban J connectivity index is 2.35. The molecule has 1 rings (SSSR count). The second-order valence-electron chi connectivity index (χ2n) is 3.35. The van der Waals surface area contributed by atoms with Crippen LogP contribution in [0.4, 0.5) is 0 Å². The first-order valence-electron chi connectivity index (χ1n) is 4.88. The number of nitrogens with one attached hydrogen (secondary N) is 1. The maximum absolute atomic E-state index is 5.34. The topological polar surface area (TPSA) is 24.5 Å². The summed E-state index contributed by atoms with van der Waals surface area (Å²) in [5.74, 6) is 0. The Morgan fingerprint density at radius 3 is 3.08 bits per heavy atom. The van der Waals surface area contributed by atoms with Gasteiger partial charge in [-0.05, 0) is 25.6 Å². The highest BCUT2D eigenvalue weighted by molar-refractivity contribution is 7.80. The molecule has 0 aromatic rings. The van der Waals surface area contributed by atoms with Gasteiger partial charge < -0.3 is 15.0 Å². The molecule has 0 radical (unpaired) electrons. The fraction of sp³-hybridized carbons (Fsp3) is 0.889. The molecular weight excluding hydrogens is 184 g/mol. The van der Waals surface area contributed by atoms with E-state index >= 15 is 0 Å². The highest BCUT2D eigenvalue weighted by atomic mass is 32.1. The summed E-state index contributed by atoms with van der Waals surface area (Å²) in [5.41, 5.74) is 0. The van der Waals surface area contributed by atoms with E-state index in [0.29, 0.717) is 6.04 Å². The molecule has 76 valence electrons. The molecule has 0 bridgehead atoms. The zero-order valence-electron chi connectivity index (χ0n) is 8.38. The van der Waals surface area contributed by atoms with Crippen molar-refractivity contribution in [2.45, 2.75) is 26.3 Å². The van der Waals surface area contributed by atoms with Gasteiger partial charge in [-0.1, -0.05) is 6.92 Å². The van der Waals surface area contributed by atoms with Crippen LogP contribution in [0, 0.1) is 0 Å². The predicted octanol–water partition coefficient (Wildman–Crippen LogP) is 0.992. The molecule has 0 saturated carbocycles. The van der Waals surface area contributed by atoms with E-state index in [-0.39, 0.29) is 0 Å². The minimum absolute atomic E-state index is 0.408. The van der Waals surface area contributed by atoms with Gasteiger partial charge in [-0.3, -0.25) is 0 Å². The van der Waals surface area contributed by atoms with E-state index in [1.54, 1.807) is 0 Å². The van der Waals surface area contributed by atoms with E-state index in [4.69, 9.17) is 17.0 Å². The number of nitrogens with zero attached hydrogens (tertiary/aromatic N) is 1. The first-order valence-corrected chi connectivity index (χ1v) is 5.28. The van der Waals surface area contributed by atoms with Crippen LogP contribution in [-0.4, -0.2) is 42.4 Å². The number of thiocarbonyl (C=S) groups is 1. The zero-order chi connectivity index (χ0) is 9.68. The molecule has 1 atom stereocenters. The first kappa shape index (κ1) is 10.7. The van der Waals surface area contributed by atoms with Crippen LogP contribution in [0.5, 0.6) is 0 Å². The van der Waals surface area contributed by atoms with Crippen molar-refractivity contribution in [3.63, 3.8) is 0 Å². The second-order valence-corrected chi connectivity index (χ2v) is 3.74. The molecule has 0 aromatic heterocycles. The van der Waals surface area contributed by atoms with Crippen molar-refractivity contribution < 1.29 is 4.74 Å². The lowest BCUT2D eigenvalue weighted by atomic mass is 10.3. The summed E-state index contributed by atoms with van der Waals surface area (Å²) >= 11 is 5.28. The van der Waals surface area contributed by atoms with Crippen molar-refractivity contribution >= 4 is 17.3 Å². The second kappa shape index (κ2) is 5.40. The largest absolute Gasteiger partial charge is 0.377 e. The third kappa shape index (κ3) is 3.12. The van der Waals surface area contributed by atoms with Crippen molar-refractivity contribution in [2.75, 3.05) is 26.3 Å². The summed E-state index contributed by atoms with van der Waals surface area (Å²) in [7, 11) is 0. The third-order valence-corrected chi connectivity index (χ3v) is 2.53. The van der Waals surface area contributed by atoms with Crippen molar-refractivity contribution in [3.8, 4) is 0 Å². The third-order valence-electron chi connectivity index (χ3n) is 2.15. The van der Waals surface area contributed by atoms with Crippen LogP contribution in [-0.2, 0) is 4.74 Å². The van der Waals surface area contributed by atoms with Crippen molar-refractivity contribution in [3.05, 3.63) is 0 Å². The summed E-state index contributed by atoms with van der Waals surface area (Å²) < 4.78 is 5.34. The molecule has 3 nitrogen and oxygen atoms in total. The van der Waals surface area contributed by atoms with E-state index in [0.717, 1.165) is 37.8 Å². The van der Waals surface area contributed by atoms with Gasteiger partial charge in [0.2, 0.25) is 0 Å². The lowest BCUT2D eigenvalue weighted by Crippen LogP contribution is -2.51. The summed E-state index contributed by atoms with van der Waals surface area (Å²) in [5, 5.41) is 4.11. The molecule has 0 amide bonds. The zero-order valence-corrected chi connectivity index (χ0v) is 9.19. The first-order chi connectivity index (χ1) is 6.25. The molecule has 1 saturated heterocycles. The molecule has 1 heterocycles. The number of hydrogen-bond donors (Lipinski definition) is 1. The molecule has 1 fully saturated rings. The Morgan fingerprint density at radius 1 is 1.69 bits per heavy atom. The Kier molecular flexibility index (Phi) is 4.45. The quantitative estimate of drug-likeness (QED) is 0.675. The van der Waals surface area contributed by atoms with E-state index < -0.39 is 0 Å². The highest BCUT2D eigenvalue weighted by Crippen LogP contribution is 2.05. The molecule has 1 unspecified atom stereocenters. The smallest absolute Gasteiger partial charge is 0.169 e. The van der Waals surface area contributed by atoms with Gasteiger partial charge in [-0.2, -0.15) is 0 Å². The number of morpholine rings is 1. The molecule has 0 spiro atoms. The molecule has 1 aliphatic rings. The number of hydrogen-bond acceptors (Lipinski definition) is 2. The van der Waals surface area contributed by atoms with Gasteiger partial charge in [0.25, 0.3) is 0 Å². The van der Waals surface area contributed by atoms with Crippen LogP contribution < -0.4 is 5.32 Å².